The second kappa shape index (κ2) is 11.9. The summed E-state index contributed by atoms with van der Waals surface area (Å²) in [6, 6.07) is 9.92. The van der Waals surface area contributed by atoms with Gasteiger partial charge in [0, 0.05) is 19.2 Å². The quantitative estimate of drug-likeness (QED) is 0.330. The molecule has 28 heavy (non-hydrogen) atoms. The average Bonchev–Trinajstić information content (AvgIpc) is 3.41. The number of halogens is 1. The Morgan fingerprint density at radius 1 is 1.25 bits per heavy atom. The van der Waals surface area contributed by atoms with Crippen molar-refractivity contribution >= 4 is 29.9 Å². The van der Waals surface area contributed by atoms with Crippen LogP contribution in [0.4, 0.5) is 0 Å². The van der Waals surface area contributed by atoms with Gasteiger partial charge in [-0.25, -0.2) is 9.98 Å². The van der Waals surface area contributed by atoms with Crippen molar-refractivity contribution in [2.24, 2.45) is 4.99 Å². The van der Waals surface area contributed by atoms with Gasteiger partial charge < -0.3 is 19.8 Å². The third-order valence-corrected chi connectivity index (χ3v) is 4.65. The van der Waals surface area contributed by atoms with Crippen LogP contribution in [0.2, 0.25) is 0 Å². The van der Waals surface area contributed by atoms with Crippen LogP contribution in [0.5, 0.6) is 5.88 Å². The number of aromatic nitrogens is 1. The van der Waals surface area contributed by atoms with Crippen LogP contribution in [0, 0.1) is 0 Å². The van der Waals surface area contributed by atoms with E-state index in [1.807, 2.05) is 24.3 Å². The van der Waals surface area contributed by atoms with E-state index in [2.05, 4.69) is 38.5 Å². The Morgan fingerprint density at radius 3 is 2.75 bits per heavy atom. The second-order valence-electron chi connectivity index (χ2n) is 6.52. The summed E-state index contributed by atoms with van der Waals surface area (Å²) in [5, 5.41) is 6.77. The van der Waals surface area contributed by atoms with E-state index in [4.69, 9.17) is 9.15 Å². The minimum atomic E-state index is 0. The molecule has 0 radical (unpaired) electrons. The van der Waals surface area contributed by atoms with Gasteiger partial charge in [-0.15, -0.1) is 24.0 Å². The highest BCUT2D eigenvalue weighted by Crippen LogP contribution is 2.24. The number of furan rings is 1. The number of nitrogens with zero attached hydrogens (tertiary/aromatic N) is 3. The van der Waals surface area contributed by atoms with Gasteiger partial charge in [-0.2, -0.15) is 0 Å². The molecule has 1 saturated heterocycles. The van der Waals surface area contributed by atoms with E-state index in [-0.39, 0.29) is 30.0 Å². The minimum absolute atomic E-state index is 0. The van der Waals surface area contributed by atoms with Crippen molar-refractivity contribution in [2.45, 2.75) is 32.4 Å². The van der Waals surface area contributed by atoms with E-state index in [0.29, 0.717) is 12.4 Å². The van der Waals surface area contributed by atoms with E-state index >= 15 is 0 Å². The maximum Gasteiger partial charge on any atom is 0.213 e. The summed E-state index contributed by atoms with van der Waals surface area (Å²) in [4.78, 5) is 11.6. The van der Waals surface area contributed by atoms with Crippen molar-refractivity contribution in [3.8, 4) is 5.88 Å². The summed E-state index contributed by atoms with van der Waals surface area (Å²) in [7, 11) is 1.62. The van der Waals surface area contributed by atoms with Crippen molar-refractivity contribution in [2.75, 3.05) is 33.3 Å². The second-order valence-corrected chi connectivity index (χ2v) is 6.52. The van der Waals surface area contributed by atoms with Crippen molar-refractivity contribution in [1.82, 2.24) is 20.5 Å². The molecule has 2 N–H and O–H groups in total. The third kappa shape index (κ3) is 6.37. The number of methoxy groups -OCH3 is 1. The predicted molar refractivity (Wildman–Crippen MR) is 121 cm³/mol. The monoisotopic (exact) mass is 499 g/mol. The SMILES string of the molecule is CCNC(=NCc1cccc(OC)n1)NCC(c1ccco1)N1CCCC1.I. The number of hydrogen-bond donors (Lipinski definition) is 2. The maximum atomic E-state index is 5.69. The van der Waals surface area contributed by atoms with E-state index in [0.717, 1.165) is 43.6 Å². The Hall–Kier alpha value is -1.81. The highest BCUT2D eigenvalue weighted by Gasteiger charge is 2.25. The number of pyridine rings is 1. The normalized spacial score (nSPS) is 15.7. The van der Waals surface area contributed by atoms with Gasteiger partial charge in [0.05, 0.1) is 31.7 Å². The molecule has 0 spiro atoms. The molecule has 3 rings (SSSR count). The highest BCUT2D eigenvalue weighted by molar-refractivity contribution is 14.0. The molecule has 3 heterocycles. The Bertz CT molecular complexity index is 717. The molecular weight excluding hydrogens is 469 g/mol. The van der Waals surface area contributed by atoms with Crippen molar-refractivity contribution in [3.05, 3.63) is 48.0 Å². The molecule has 1 fully saturated rings. The lowest BCUT2D eigenvalue weighted by molar-refractivity contribution is 0.215. The summed E-state index contributed by atoms with van der Waals surface area (Å²) in [5.41, 5.74) is 0.869. The van der Waals surface area contributed by atoms with Crippen LogP contribution in [-0.4, -0.2) is 49.1 Å². The van der Waals surface area contributed by atoms with Gasteiger partial charge >= 0.3 is 0 Å². The van der Waals surface area contributed by atoms with Crippen LogP contribution in [0.25, 0.3) is 0 Å². The first-order valence-electron chi connectivity index (χ1n) is 9.59. The maximum absolute atomic E-state index is 5.69. The first kappa shape index (κ1) is 22.5. The molecule has 7 nitrogen and oxygen atoms in total. The average molecular weight is 499 g/mol. The molecule has 1 aliphatic heterocycles. The van der Waals surface area contributed by atoms with Crippen LogP contribution >= 0.6 is 24.0 Å². The lowest BCUT2D eigenvalue weighted by Gasteiger charge is -2.26. The zero-order valence-corrected chi connectivity index (χ0v) is 18.9. The largest absolute Gasteiger partial charge is 0.481 e. The molecule has 0 amide bonds. The van der Waals surface area contributed by atoms with Gasteiger partial charge in [0.2, 0.25) is 5.88 Å². The van der Waals surface area contributed by atoms with Crippen LogP contribution in [0.3, 0.4) is 0 Å². The molecule has 2 aromatic heterocycles. The van der Waals surface area contributed by atoms with E-state index in [9.17, 15) is 0 Å². The van der Waals surface area contributed by atoms with Gasteiger partial charge in [-0.1, -0.05) is 6.07 Å². The lowest BCUT2D eigenvalue weighted by atomic mass is 10.2. The molecule has 8 heteroatoms. The molecule has 0 bridgehead atoms. The zero-order chi connectivity index (χ0) is 18.9. The summed E-state index contributed by atoms with van der Waals surface area (Å²) in [6.07, 6.45) is 4.23. The Morgan fingerprint density at radius 2 is 2.07 bits per heavy atom. The molecule has 0 aliphatic carbocycles. The molecule has 0 saturated carbocycles. The fraction of sp³-hybridized carbons (Fsp3) is 0.500. The standard InChI is InChI=1S/C20H29N5O2.HI/c1-3-21-20(22-14-16-8-6-10-19(24-16)26-2)23-15-17(18-9-7-13-27-18)25-11-4-5-12-25;/h6-10,13,17H,3-5,11-12,14-15H2,1-2H3,(H2,21,22,23);1H. The number of nitrogens with one attached hydrogen (secondary N) is 2. The van der Waals surface area contributed by atoms with Crippen LogP contribution in [0.1, 0.15) is 37.3 Å². The zero-order valence-electron chi connectivity index (χ0n) is 16.6. The number of hydrogen-bond acceptors (Lipinski definition) is 5. The molecule has 1 unspecified atom stereocenters. The number of rotatable bonds is 8. The smallest absolute Gasteiger partial charge is 0.213 e. The molecule has 154 valence electrons. The van der Waals surface area contributed by atoms with Gasteiger partial charge in [-0.3, -0.25) is 4.90 Å². The first-order valence-corrected chi connectivity index (χ1v) is 9.59. The summed E-state index contributed by atoms with van der Waals surface area (Å²) >= 11 is 0. The summed E-state index contributed by atoms with van der Waals surface area (Å²) in [6.45, 7) is 6.30. The lowest BCUT2D eigenvalue weighted by Crippen LogP contribution is -2.42. The van der Waals surface area contributed by atoms with Crippen molar-refractivity contribution in [3.63, 3.8) is 0 Å². The first-order chi connectivity index (χ1) is 13.3. The van der Waals surface area contributed by atoms with Crippen molar-refractivity contribution in [1.29, 1.82) is 0 Å². The number of ether oxygens (including phenoxy) is 1. The number of likely N-dealkylation sites (tertiary alicyclic amines) is 1. The van der Waals surface area contributed by atoms with Gasteiger partial charge in [0.15, 0.2) is 5.96 Å². The topological polar surface area (TPSA) is 74.9 Å². The third-order valence-electron chi connectivity index (χ3n) is 4.65. The highest BCUT2D eigenvalue weighted by atomic mass is 127. The van der Waals surface area contributed by atoms with Crippen LogP contribution < -0.4 is 15.4 Å². The Labute approximate surface area is 184 Å². The Kier molecular flexibility index (Phi) is 9.56. The number of guanidine groups is 1. The summed E-state index contributed by atoms with van der Waals surface area (Å²) < 4.78 is 10.9. The molecule has 0 aromatic carbocycles. The van der Waals surface area contributed by atoms with Gasteiger partial charge in [0.1, 0.15) is 5.76 Å². The van der Waals surface area contributed by atoms with E-state index < -0.39 is 0 Å². The predicted octanol–water partition coefficient (Wildman–Crippen LogP) is 3.19. The van der Waals surface area contributed by atoms with Crippen molar-refractivity contribution < 1.29 is 9.15 Å². The van der Waals surface area contributed by atoms with Crippen LogP contribution in [0.15, 0.2) is 46.0 Å². The van der Waals surface area contributed by atoms with E-state index in [1.54, 1.807) is 13.4 Å². The molecule has 1 atom stereocenters. The molecule has 2 aromatic rings. The minimum Gasteiger partial charge on any atom is -0.481 e. The Balaban J connectivity index is 0.00000280. The molecular formula is C20H30IN5O2. The molecule has 1 aliphatic rings. The summed E-state index contributed by atoms with van der Waals surface area (Å²) in [5.74, 6) is 2.38. The fourth-order valence-corrected chi connectivity index (χ4v) is 3.30. The van der Waals surface area contributed by atoms with E-state index in [1.165, 1.54) is 12.8 Å². The fourth-order valence-electron chi connectivity index (χ4n) is 3.30. The van der Waals surface area contributed by atoms with Gasteiger partial charge in [0.25, 0.3) is 0 Å². The van der Waals surface area contributed by atoms with Gasteiger partial charge in [-0.05, 0) is 51.1 Å². The number of aliphatic imine (C=N–C) groups is 1. The van der Waals surface area contributed by atoms with Crippen LogP contribution in [-0.2, 0) is 6.54 Å².